The summed E-state index contributed by atoms with van der Waals surface area (Å²) in [6.45, 7) is 3.28. The predicted molar refractivity (Wildman–Crippen MR) is 88.2 cm³/mol. The Morgan fingerprint density at radius 2 is 2.14 bits per heavy atom. The number of benzene rings is 1. The minimum absolute atomic E-state index is 0.0120. The molecule has 1 atom stereocenters. The van der Waals surface area contributed by atoms with E-state index in [1.165, 1.54) is 11.8 Å². The highest BCUT2D eigenvalue weighted by Crippen LogP contribution is 2.21. The SMILES string of the molecule is CC[C@@H](NC(=O)CCN1CCSC1=O)c1ccc(OC)cc1. The molecule has 120 valence electrons. The third-order valence-electron chi connectivity index (χ3n) is 3.72. The van der Waals surface area contributed by atoms with Crippen LogP contribution < -0.4 is 10.1 Å². The van der Waals surface area contributed by atoms with E-state index >= 15 is 0 Å². The first kappa shape index (κ1) is 16.7. The summed E-state index contributed by atoms with van der Waals surface area (Å²) in [5.41, 5.74) is 1.06. The van der Waals surface area contributed by atoms with E-state index in [1.807, 2.05) is 31.2 Å². The van der Waals surface area contributed by atoms with Crippen molar-refractivity contribution in [3.63, 3.8) is 0 Å². The van der Waals surface area contributed by atoms with Crippen molar-refractivity contribution >= 4 is 22.9 Å². The number of nitrogens with one attached hydrogen (secondary N) is 1. The van der Waals surface area contributed by atoms with Gasteiger partial charge in [0.2, 0.25) is 5.91 Å². The second-order valence-corrected chi connectivity index (χ2v) is 6.20. The molecule has 0 aromatic heterocycles. The number of ether oxygens (including phenoxy) is 1. The van der Waals surface area contributed by atoms with Crippen molar-refractivity contribution in [1.82, 2.24) is 10.2 Å². The molecule has 0 aliphatic carbocycles. The summed E-state index contributed by atoms with van der Waals surface area (Å²) in [5.74, 6) is 1.60. The molecule has 5 nitrogen and oxygen atoms in total. The second kappa shape index (κ2) is 8.08. The van der Waals surface area contributed by atoms with Gasteiger partial charge in [-0.3, -0.25) is 9.59 Å². The molecule has 0 radical (unpaired) electrons. The smallest absolute Gasteiger partial charge is 0.281 e. The van der Waals surface area contributed by atoms with Gasteiger partial charge in [0.15, 0.2) is 0 Å². The third-order valence-corrected chi connectivity index (χ3v) is 4.61. The van der Waals surface area contributed by atoms with Crippen LogP contribution in [0.15, 0.2) is 24.3 Å². The predicted octanol–water partition coefficient (Wildman–Crippen LogP) is 2.82. The number of rotatable bonds is 7. The summed E-state index contributed by atoms with van der Waals surface area (Å²) in [5, 5.41) is 3.11. The summed E-state index contributed by atoms with van der Waals surface area (Å²) in [6, 6.07) is 7.71. The van der Waals surface area contributed by atoms with E-state index in [0.29, 0.717) is 13.0 Å². The molecule has 1 aliphatic rings. The van der Waals surface area contributed by atoms with Crippen molar-refractivity contribution in [2.45, 2.75) is 25.8 Å². The molecular weight excluding hydrogens is 300 g/mol. The summed E-state index contributed by atoms with van der Waals surface area (Å²) < 4.78 is 5.14. The molecule has 2 amide bonds. The molecule has 0 saturated carbocycles. The first-order chi connectivity index (χ1) is 10.6. The molecule has 6 heteroatoms. The topological polar surface area (TPSA) is 58.6 Å². The number of methoxy groups -OCH3 is 1. The lowest BCUT2D eigenvalue weighted by molar-refractivity contribution is -0.122. The largest absolute Gasteiger partial charge is 0.497 e. The number of hydrogen-bond acceptors (Lipinski definition) is 4. The van der Waals surface area contributed by atoms with Gasteiger partial charge in [0.1, 0.15) is 5.75 Å². The van der Waals surface area contributed by atoms with Crippen LogP contribution in [0, 0.1) is 0 Å². The molecule has 1 fully saturated rings. The minimum Gasteiger partial charge on any atom is -0.497 e. The average molecular weight is 322 g/mol. The quantitative estimate of drug-likeness (QED) is 0.838. The van der Waals surface area contributed by atoms with E-state index in [2.05, 4.69) is 5.32 Å². The lowest BCUT2D eigenvalue weighted by Gasteiger charge is -2.19. The van der Waals surface area contributed by atoms with Gasteiger partial charge in [-0.1, -0.05) is 30.8 Å². The fraction of sp³-hybridized carbons (Fsp3) is 0.500. The van der Waals surface area contributed by atoms with Crippen molar-refractivity contribution in [3.8, 4) is 5.75 Å². The molecule has 0 spiro atoms. The maximum Gasteiger partial charge on any atom is 0.281 e. The Bertz CT molecular complexity index is 519. The number of amides is 2. The fourth-order valence-corrected chi connectivity index (χ4v) is 3.24. The Labute approximate surface area is 135 Å². The van der Waals surface area contributed by atoms with E-state index in [9.17, 15) is 9.59 Å². The first-order valence-electron chi connectivity index (χ1n) is 7.49. The van der Waals surface area contributed by atoms with E-state index in [4.69, 9.17) is 4.74 Å². The molecule has 1 aromatic rings. The zero-order valence-corrected chi connectivity index (χ0v) is 13.8. The van der Waals surface area contributed by atoms with Crippen LogP contribution >= 0.6 is 11.8 Å². The van der Waals surface area contributed by atoms with Crippen LogP contribution in [0.3, 0.4) is 0 Å². The Balaban J connectivity index is 1.85. The van der Waals surface area contributed by atoms with Crippen LogP contribution in [0.4, 0.5) is 4.79 Å². The standard InChI is InChI=1S/C16H22N2O3S/c1-3-14(12-4-6-13(21-2)7-5-12)17-15(19)8-9-18-10-11-22-16(18)20/h4-7,14H,3,8-11H2,1-2H3,(H,17,19)/t14-/m1/s1. The van der Waals surface area contributed by atoms with Gasteiger partial charge >= 0.3 is 0 Å². The fourth-order valence-electron chi connectivity index (χ4n) is 2.39. The average Bonchev–Trinajstić information content (AvgIpc) is 2.96. The van der Waals surface area contributed by atoms with E-state index < -0.39 is 0 Å². The van der Waals surface area contributed by atoms with Crippen LogP contribution in [0.25, 0.3) is 0 Å². The molecule has 2 rings (SSSR count). The van der Waals surface area contributed by atoms with Gasteiger partial charge in [0, 0.05) is 25.3 Å². The van der Waals surface area contributed by atoms with Crippen molar-refractivity contribution < 1.29 is 14.3 Å². The van der Waals surface area contributed by atoms with E-state index in [1.54, 1.807) is 12.0 Å². The summed E-state index contributed by atoms with van der Waals surface area (Å²) in [4.78, 5) is 25.3. The molecule has 0 unspecified atom stereocenters. The van der Waals surface area contributed by atoms with Crippen molar-refractivity contribution in [2.24, 2.45) is 0 Å². The van der Waals surface area contributed by atoms with Gasteiger partial charge in [-0.2, -0.15) is 0 Å². The van der Waals surface area contributed by atoms with Crippen molar-refractivity contribution in [2.75, 3.05) is 26.0 Å². The zero-order valence-electron chi connectivity index (χ0n) is 13.0. The highest BCUT2D eigenvalue weighted by atomic mass is 32.2. The van der Waals surface area contributed by atoms with Gasteiger partial charge in [0.25, 0.3) is 5.24 Å². The van der Waals surface area contributed by atoms with Crippen LogP contribution in [0.5, 0.6) is 5.75 Å². The van der Waals surface area contributed by atoms with Crippen LogP contribution in [0.1, 0.15) is 31.4 Å². The zero-order chi connectivity index (χ0) is 15.9. The van der Waals surface area contributed by atoms with Gasteiger partial charge in [0.05, 0.1) is 13.2 Å². The minimum atomic E-state index is -0.0210. The number of carbonyl (C=O) groups excluding carboxylic acids is 2. The Kier molecular flexibility index (Phi) is 6.12. The van der Waals surface area contributed by atoms with E-state index in [0.717, 1.165) is 30.0 Å². The molecule has 1 aliphatic heterocycles. The number of hydrogen-bond donors (Lipinski definition) is 1. The monoisotopic (exact) mass is 322 g/mol. The Hall–Kier alpha value is -1.69. The summed E-state index contributed by atoms with van der Waals surface area (Å²) in [6.07, 6.45) is 1.16. The number of nitrogens with zero attached hydrogens (tertiary/aromatic N) is 1. The molecule has 1 saturated heterocycles. The van der Waals surface area contributed by atoms with Crippen LogP contribution in [0.2, 0.25) is 0 Å². The molecule has 22 heavy (non-hydrogen) atoms. The maximum atomic E-state index is 12.1. The molecule has 0 bridgehead atoms. The number of thioether (sulfide) groups is 1. The van der Waals surface area contributed by atoms with Crippen LogP contribution in [-0.4, -0.2) is 42.0 Å². The lowest BCUT2D eigenvalue weighted by atomic mass is 10.0. The normalized spacial score (nSPS) is 15.7. The molecule has 1 aromatic carbocycles. The van der Waals surface area contributed by atoms with Gasteiger partial charge in [-0.05, 0) is 24.1 Å². The molecule has 1 heterocycles. The third kappa shape index (κ3) is 4.40. The molecule has 1 N–H and O–H groups in total. The number of carbonyl (C=O) groups is 2. The highest BCUT2D eigenvalue weighted by Gasteiger charge is 2.22. The van der Waals surface area contributed by atoms with Gasteiger partial charge in [-0.25, -0.2) is 0 Å². The Morgan fingerprint density at radius 3 is 2.68 bits per heavy atom. The molecular formula is C16H22N2O3S. The van der Waals surface area contributed by atoms with Crippen molar-refractivity contribution in [1.29, 1.82) is 0 Å². The summed E-state index contributed by atoms with van der Waals surface area (Å²) in [7, 11) is 1.63. The Morgan fingerprint density at radius 1 is 1.41 bits per heavy atom. The maximum absolute atomic E-state index is 12.1. The first-order valence-corrected chi connectivity index (χ1v) is 8.47. The van der Waals surface area contributed by atoms with Gasteiger partial charge < -0.3 is 15.0 Å². The summed E-state index contributed by atoms with van der Waals surface area (Å²) >= 11 is 1.32. The van der Waals surface area contributed by atoms with Crippen molar-refractivity contribution in [3.05, 3.63) is 29.8 Å². The lowest BCUT2D eigenvalue weighted by Crippen LogP contribution is -2.33. The van der Waals surface area contributed by atoms with Gasteiger partial charge in [-0.15, -0.1) is 0 Å². The highest BCUT2D eigenvalue weighted by molar-refractivity contribution is 8.13. The van der Waals surface area contributed by atoms with Crippen LogP contribution in [-0.2, 0) is 4.79 Å². The van der Waals surface area contributed by atoms with E-state index in [-0.39, 0.29) is 17.2 Å². The second-order valence-electron chi connectivity index (χ2n) is 5.15.